The smallest absolute Gasteiger partial charge is 0.255 e. The van der Waals surface area contributed by atoms with Crippen LogP contribution in [0.3, 0.4) is 0 Å². The number of sulfonamides is 1. The normalized spacial score (nSPS) is 21.4. The Kier molecular flexibility index (Phi) is 4.88. The first-order valence-electron chi connectivity index (χ1n) is 7.50. The molecule has 1 aromatic heterocycles. The van der Waals surface area contributed by atoms with Gasteiger partial charge in [-0.05, 0) is 55.6 Å². The van der Waals surface area contributed by atoms with Crippen molar-refractivity contribution in [1.82, 2.24) is 4.98 Å². The molecular formula is C15H25N3O2S. The fourth-order valence-corrected chi connectivity index (χ4v) is 3.60. The molecule has 2 rings (SSSR count). The average Bonchev–Trinajstić information content (AvgIpc) is 2.74. The Morgan fingerprint density at radius 2 is 2.19 bits per heavy atom. The van der Waals surface area contributed by atoms with Gasteiger partial charge in [-0.15, -0.1) is 0 Å². The molecule has 1 aromatic rings. The summed E-state index contributed by atoms with van der Waals surface area (Å²) in [5.41, 5.74) is 0.503. The number of hydrogen-bond acceptors (Lipinski definition) is 4. The van der Waals surface area contributed by atoms with Crippen LogP contribution in [0.15, 0.2) is 23.2 Å². The van der Waals surface area contributed by atoms with Crippen molar-refractivity contribution in [2.75, 3.05) is 11.9 Å². The Morgan fingerprint density at radius 3 is 2.81 bits per heavy atom. The van der Waals surface area contributed by atoms with Gasteiger partial charge >= 0.3 is 0 Å². The molecule has 1 heterocycles. The lowest BCUT2D eigenvalue weighted by Crippen LogP contribution is -2.15. The van der Waals surface area contributed by atoms with Gasteiger partial charge in [-0.3, -0.25) is 0 Å². The molecule has 0 saturated heterocycles. The minimum atomic E-state index is -3.73. The van der Waals surface area contributed by atoms with Crippen LogP contribution in [0.5, 0.6) is 0 Å². The summed E-state index contributed by atoms with van der Waals surface area (Å²) < 4.78 is 22.5. The van der Waals surface area contributed by atoms with E-state index >= 15 is 0 Å². The summed E-state index contributed by atoms with van der Waals surface area (Å²) in [4.78, 5) is 4.01. The van der Waals surface area contributed by atoms with Crippen LogP contribution in [0.4, 0.5) is 5.82 Å². The molecule has 1 atom stereocenters. The number of nitrogens with zero attached hydrogens (tertiary/aromatic N) is 1. The van der Waals surface area contributed by atoms with E-state index in [-0.39, 0.29) is 5.03 Å². The Hall–Kier alpha value is -1.14. The number of hydrogen-bond donors (Lipinski definition) is 2. The summed E-state index contributed by atoms with van der Waals surface area (Å²) in [7, 11) is -3.73. The Balaban J connectivity index is 1.77. The molecule has 3 N–H and O–H groups in total. The SMILES string of the molecule is CC1(C)CC[C@@H](CCCNc2cccc(S(N)(=O)=O)n2)C1. The molecule has 1 fully saturated rings. The highest BCUT2D eigenvalue weighted by Crippen LogP contribution is 2.42. The largest absolute Gasteiger partial charge is 0.370 e. The average molecular weight is 311 g/mol. The fourth-order valence-electron chi connectivity index (χ4n) is 3.11. The van der Waals surface area contributed by atoms with E-state index < -0.39 is 10.0 Å². The molecular weight excluding hydrogens is 286 g/mol. The van der Waals surface area contributed by atoms with Gasteiger partial charge < -0.3 is 5.32 Å². The minimum Gasteiger partial charge on any atom is -0.370 e. The molecule has 0 bridgehead atoms. The summed E-state index contributed by atoms with van der Waals surface area (Å²) >= 11 is 0. The number of pyridine rings is 1. The second kappa shape index (κ2) is 6.32. The molecule has 0 unspecified atom stereocenters. The predicted molar refractivity (Wildman–Crippen MR) is 84.5 cm³/mol. The van der Waals surface area contributed by atoms with Gasteiger partial charge in [0.1, 0.15) is 5.82 Å². The number of nitrogens with one attached hydrogen (secondary N) is 1. The topological polar surface area (TPSA) is 85.1 Å². The lowest BCUT2D eigenvalue weighted by molar-refractivity contribution is 0.352. The molecule has 0 aromatic carbocycles. The van der Waals surface area contributed by atoms with E-state index in [0.717, 1.165) is 18.9 Å². The van der Waals surface area contributed by atoms with E-state index in [0.29, 0.717) is 11.2 Å². The van der Waals surface area contributed by atoms with E-state index in [1.807, 2.05) is 0 Å². The zero-order valence-corrected chi connectivity index (χ0v) is 13.6. The zero-order chi connectivity index (χ0) is 15.5. The van der Waals surface area contributed by atoms with Crippen LogP contribution in [0.25, 0.3) is 0 Å². The van der Waals surface area contributed by atoms with E-state index in [1.54, 1.807) is 12.1 Å². The van der Waals surface area contributed by atoms with Gasteiger partial charge in [0.05, 0.1) is 0 Å². The molecule has 0 aliphatic heterocycles. The van der Waals surface area contributed by atoms with E-state index in [2.05, 4.69) is 24.1 Å². The number of rotatable bonds is 6. The third-order valence-electron chi connectivity index (χ3n) is 4.18. The molecule has 6 heteroatoms. The van der Waals surface area contributed by atoms with Gasteiger partial charge in [0, 0.05) is 6.54 Å². The van der Waals surface area contributed by atoms with Crippen molar-refractivity contribution in [2.24, 2.45) is 16.5 Å². The first kappa shape index (κ1) is 16.2. The van der Waals surface area contributed by atoms with Gasteiger partial charge in [-0.1, -0.05) is 19.9 Å². The van der Waals surface area contributed by atoms with Crippen molar-refractivity contribution in [3.63, 3.8) is 0 Å². The van der Waals surface area contributed by atoms with Gasteiger partial charge in [-0.25, -0.2) is 18.5 Å². The third-order valence-corrected chi connectivity index (χ3v) is 4.99. The number of anilines is 1. The molecule has 5 nitrogen and oxygen atoms in total. The Morgan fingerprint density at radius 1 is 1.43 bits per heavy atom. The molecule has 21 heavy (non-hydrogen) atoms. The van der Waals surface area contributed by atoms with Crippen LogP contribution in [0, 0.1) is 11.3 Å². The Bertz CT molecular complexity index is 584. The van der Waals surface area contributed by atoms with Crippen LogP contribution >= 0.6 is 0 Å². The van der Waals surface area contributed by atoms with Crippen LogP contribution in [-0.2, 0) is 10.0 Å². The summed E-state index contributed by atoms with van der Waals surface area (Å²) in [6, 6.07) is 4.81. The molecule has 0 amide bonds. The van der Waals surface area contributed by atoms with Crippen LogP contribution < -0.4 is 10.5 Å². The van der Waals surface area contributed by atoms with E-state index in [9.17, 15) is 8.42 Å². The standard InChI is InChI=1S/C15H25N3O2S/c1-15(2)9-8-12(11-15)5-4-10-17-13-6-3-7-14(18-13)21(16,19)20/h3,6-7,12H,4-5,8-11H2,1-2H3,(H,17,18)(H2,16,19,20)/t12-/m1/s1. The first-order chi connectivity index (χ1) is 9.76. The molecule has 118 valence electrons. The maximum absolute atomic E-state index is 11.2. The zero-order valence-electron chi connectivity index (χ0n) is 12.8. The second-order valence-electron chi connectivity index (χ2n) is 6.75. The van der Waals surface area contributed by atoms with Crippen molar-refractivity contribution < 1.29 is 8.42 Å². The lowest BCUT2D eigenvalue weighted by Gasteiger charge is -2.17. The van der Waals surface area contributed by atoms with Gasteiger partial charge in [0.2, 0.25) is 0 Å². The summed E-state index contributed by atoms with van der Waals surface area (Å²) in [5, 5.41) is 8.15. The summed E-state index contributed by atoms with van der Waals surface area (Å²) in [6.45, 7) is 5.49. The highest BCUT2D eigenvalue weighted by Gasteiger charge is 2.30. The van der Waals surface area contributed by atoms with Crippen LogP contribution in [0.2, 0.25) is 0 Å². The van der Waals surface area contributed by atoms with Crippen molar-refractivity contribution in [1.29, 1.82) is 0 Å². The predicted octanol–water partition coefficient (Wildman–Crippen LogP) is 2.75. The molecule has 1 saturated carbocycles. The van der Waals surface area contributed by atoms with Crippen molar-refractivity contribution in [3.05, 3.63) is 18.2 Å². The summed E-state index contributed by atoms with van der Waals surface area (Å²) in [5.74, 6) is 1.39. The molecule has 1 aliphatic rings. The minimum absolute atomic E-state index is 0.0926. The lowest BCUT2D eigenvalue weighted by atomic mass is 9.89. The number of aromatic nitrogens is 1. The van der Waals surface area contributed by atoms with Crippen LogP contribution in [-0.4, -0.2) is 19.9 Å². The van der Waals surface area contributed by atoms with Gasteiger partial charge in [-0.2, -0.15) is 0 Å². The second-order valence-corrected chi connectivity index (χ2v) is 8.26. The van der Waals surface area contributed by atoms with Gasteiger partial charge in [0.25, 0.3) is 10.0 Å². The molecule has 0 radical (unpaired) electrons. The summed E-state index contributed by atoms with van der Waals surface area (Å²) in [6.07, 6.45) is 6.24. The van der Waals surface area contributed by atoms with Crippen molar-refractivity contribution in [3.8, 4) is 0 Å². The highest BCUT2D eigenvalue weighted by atomic mass is 32.2. The maximum Gasteiger partial charge on any atom is 0.255 e. The first-order valence-corrected chi connectivity index (χ1v) is 9.05. The number of nitrogens with two attached hydrogens (primary N) is 1. The van der Waals surface area contributed by atoms with Gasteiger partial charge in [0.15, 0.2) is 5.03 Å². The van der Waals surface area contributed by atoms with Crippen molar-refractivity contribution >= 4 is 15.8 Å². The third kappa shape index (κ3) is 4.97. The van der Waals surface area contributed by atoms with Crippen molar-refractivity contribution in [2.45, 2.75) is 51.0 Å². The van der Waals surface area contributed by atoms with Crippen LogP contribution in [0.1, 0.15) is 46.0 Å². The molecule has 0 spiro atoms. The van der Waals surface area contributed by atoms with E-state index in [1.165, 1.54) is 31.7 Å². The quantitative estimate of drug-likeness (QED) is 0.791. The highest BCUT2D eigenvalue weighted by molar-refractivity contribution is 7.89. The number of primary sulfonamides is 1. The Labute approximate surface area is 127 Å². The maximum atomic E-state index is 11.2. The monoisotopic (exact) mass is 311 g/mol. The molecule has 1 aliphatic carbocycles. The fraction of sp³-hybridized carbons (Fsp3) is 0.667. The van der Waals surface area contributed by atoms with E-state index in [4.69, 9.17) is 5.14 Å².